The first kappa shape index (κ1) is 17.2. The third-order valence-electron chi connectivity index (χ3n) is 8.61. The maximum atomic E-state index is 13.2. The van der Waals surface area contributed by atoms with Gasteiger partial charge in [-0.3, -0.25) is 4.79 Å². The first-order chi connectivity index (χ1) is 12.2. The SMILES string of the molecule is C=C1C2CCC3C45COC(O)C4C(C)(C)CCC5OC(=O)C3(C1O)C2O. The Balaban J connectivity index is 1.73. The molecule has 2 spiro atoms. The largest absolute Gasteiger partial charge is 0.461 e. The van der Waals surface area contributed by atoms with Crippen molar-refractivity contribution < 1.29 is 29.6 Å². The Morgan fingerprint density at radius 3 is 2.62 bits per heavy atom. The lowest BCUT2D eigenvalue weighted by Crippen LogP contribution is -2.71. The lowest BCUT2D eigenvalue weighted by molar-refractivity contribution is -0.264. The number of esters is 1. The maximum absolute atomic E-state index is 13.2. The molecule has 0 aromatic rings. The van der Waals surface area contributed by atoms with E-state index in [-0.39, 0.29) is 29.3 Å². The molecule has 6 nitrogen and oxygen atoms in total. The molecule has 3 saturated carbocycles. The molecule has 9 atom stereocenters. The summed E-state index contributed by atoms with van der Waals surface area (Å²) >= 11 is 0. The van der Waals surface area contributed by atoms with Gasteiger partial charge in [-0.25, -0.2) is 0 Å². The smallest absolute Gasteiger partial charge is 0.318 e. The van der Waals surface area contributed by atoms with Crippen molar-refractivity contribution in [3.05, 3.63) is 12.2 Å². The first-order valence-corrected chi connectivity index (χ1v) is 9.74. The van der Waals surface area contributed by atoms with Crippen LogP contribution in [0.25, 0.3) is 0 Å². The summed E-state index contributed by atoms with van der Waals surface area (Å²) in [5.41, 5.74) is -1.60. The van der Waals surface area contributed by atoms with E-state index in [9.17, 15) is 20.1 Å². The molecule has 5 fully saturated rings. The number of aliphatic hydroxyl groups excluding tert-OH is 3. The highest BCUT2D eigenvalue weighted by Gasteiger charge is 2.79. The zero-order valence-corrected chi connectivity index (χ0v) is 15.4. The minimum Gasteiger partial charge on any atom is -0.461 e. The molecule has 0 amide bonds. The van der Waals surface area contributed by atoms with Crippen LogP contribution in [-0.2, 0) is 14.3 Å². The molecule has 2 bridgehead atoms. The Hall–Kier alpha value is -0.950. The molecule has 0 aromatic heterocycles. The summed E-state index contributed by atoms with van der Waals surface area (Å²) in [7, 11) is 0. The van der Waals surface area contributed by atoms with Gasteiger partial charge in [0.05, 0.1) is 18.8 Å². The number of aliphatic hydroxyl groups is 3. The fourth-order valence-electron chi connectivity index (χ4n) is 7.58. The molecule has 3 N–H and O–H groups in total. The van der Waals surface area contributed by atoms with E-state index >= 15 is 0 Å². The molecular weight excluding hydrogens is 336 g/mol. The highest BCUT2D eigenvalue weighted by molar-refractivity contribution is 5.83. The molecule has 2 aliphatic heterocycles. The summed E-state index contributed by atoms with van der Waals surface area (Å²) < 4.78 is 11.7. The highest BCUT2D eigenvalue weighted by atomic mass is 16.6. The van der Waals surface area contributed by atoms with Crippen LogP contribution >= 0.6 is 0 Å². The molecule has 2 saturated heterocycles. The first-order valence-electron chi connectivity index (χ1n) is 9.74. The summed E-state index contributed by atoms with van der Waals surface area (Å²) in [4.78, 5) is 13.2. The molecule has 5 aliphatic rings. The van der Waals surface area contributed by atoms with Crippen molar-refractivity contribution in [2.24, 2.45) is 34.0 Å². The van der Waals surface area contributed by atoms with E-state index in [4.69, 9.17) is 9.47 Å². The predicted molar refractivity (Wildman–Crippen MR) is 90.6 cm³/mol. The lowest BCUT2D eigenvalue weighted by atomic mass is 9.43. The number of carbonyl (C=O) groups excluding carboxylic acids is 1. The number of rotatable bonds is 0. The summed E-state index contributed by atoms with van der Waals surface area (Å²) in [6.07, 6.45) is -0.424. The summed E-state index contributed by atoms with van der Waals surface area (Å²) in [6, 6.07) is 0. The van der Waals surface area contributed by atoms with Crippen molar-refractivity contribution in [1.29, 1.82) is 0 Å². The van der Waals surface area contributed by atoms with Gasteiger partial charge in [0, 0.05) is 17.3 Å². The van der Waals surface area contributed by atoms with Crippen LogP contribution in [0.2, 0.25) is 0 Å². The summed E-state index contributed by atoms with van der Waals surface area (Å²) in [6.45, 7) is 8.53. The number of fused-ring (bicyclic) bond motifs is 1. The highest BCUT2D eigenvalue weighted by Crippen LogP contribution is 2.71. The average molecular weight is 364 g/mol. The van der Waals surface area contributed by atoms with E-state index in [2.05, 4.69) is 20.4 Å². The molecule has 3 aliphatic carbocycles. The van der Waals surface area contributed by atoms with Crippen LogP contribution in [0, 0.1) is 34.0 Å². The van der Waals surface area contributed by atoms with Crippen molar-refractivity contribution in [3.63, 3.8) is 0 Å². The van der Waals surface area contributed by atoms with Crippen molar-refractivity contribution in [1.82, 2.24) is 0 Å². The minimum atomic E-state index is -1.38. The van der Waals surface area contributed by atoms with Gasteiger partial charge in [0.25, 0.3) is 0 Å². The topological polar surface area (TPSA) is 96.2 Å². The Bertz CT molecular complexity index is 688. The predicted octanol–water partition coefficient (Wildman–Crippen LogP) is 0.987. The minimum absolute atomic E-state index is 0.181. The molecule has 26 heavy (non-hydrogen) atoms. The fraction of sp³-hybridized carbons (Fsp3) is 0.850. The van der Waals surface area contributed by atoms with Crippen LogP contribution in [0.3, 0.4) is 0 Å². The number of ether oxygens (including phenoxy) is 2. The quantitative estimate of drug-likeness (QED) is 0.438. The second kappa shape index (κ2) is 4.90. The van der Waals surface area contributed by atoms with Crippen LogP contribution in [0.5, 0.6) is 0 Å². The van der Waals surface area contributed by atoms with Gasteiger partial charge in [0.2, 0.25) is 0 Å². The number of carbonyl (C=O) groups is 1. The van der Waals surface area contributed by atoms with Crippen LogP contribution in [0.4, 0.5) is 0 Å². The second-order valence-corrected chi connectivity index (χ2v) is 9.80. The fourth-order valence-corrected chi connectivity index (χ4v) is 7.58. The normalized spacial score (nSPS) is 57.2. The molecule has 2 heterocycles. The van der Waals surface area contributed by atoms with Gasteiger partial charge >= 0.3 is 5.97 Å². The van der Waals surface area contributed by atoms with Gasteiger partial charge in [-0.05, 0) is 42.6 Å². The van der Waals surface area contributed by atoms with Gasteiger partial charge < -0.3 is 24.8 Å². The molecule has 9 unspecified atom stereocenters. The lowest BCUT2D eigenvalue weighted by Gasteiger charge is -2.63. The Labute approximate surface area is 153 Å². The van der Waals surface area contributed by atoms with Crippen LogP contribution in [0.15, 0.2) is 12.2 Å². The van der Waals surface area contributed by atoms with Gasteiger partial charge in [-0.1, -0.05) is 20.4 Å². The van der Waals surface area contributed by atoms with Crippen LogP contribution < -0.4 is 0 Å². The van der Waals surface area contributed by atoms with Crippen molar-refractivity contribution in [2.45, 2.75) is 64.1 Å². The third-order valence-corrected chi connectivity index (χ3v) is 8.61. The van der Waals surface area contributed by atoms with E-state index in [1.165, 1.54) is 0 Å². The van der Waals surface area contributed by atoms with Crippen molar-refractivity contribution in [3.8, 4) is 0 Å². The monoisotopic (exact) mass is 364 g/mol. The third kappa shape index (κ3) is 1.59. The van der Waals surface area contributed by atoms with Crippen molar-refractivity contribution in [2.75, 3.05) is 6.61 Å². The zero-order valence-electron chi connectivity index (χ0n) is 15.4. The van der Waals surface area contributed by atoms with Gasteiger partial charge in [0.15, 0.2) is 6.29 Å². The second-order valence-electron chi connectivity index (χ2n) is 9.80. The zero-order chi connectivity index (χ0) is 18.6. The molecule has 5 rings (SSSR count). The summed E-state index contributed by atoms with van der Waals surface area (Å²) in [5, 5.41) is 32.8. The van der Waals surface area contributed by atoms with E-state index in [0.717, 1.165) is 6.42 Å². The molecule has 144 valence electrons. The molecule has 0 aromatic carbocycles. The van der Waals surface area contributed by atoms with Crippen LogP contribution in [-0.4, -0.2) is 52.5 Å². The average Bonchev–Trinajstić information content (AvgIpc) is 2.98. The van der Waals surface area contributed by atoms with Gasteiger partial charge in [0.1, 0.15) is 11.5 Å². The maximum Gasteiger partial charge on any atom is 0.318 e. The Morgan fingerprint density at radius 2 is 1.88 bits per heavy atom. The Kier molecular flexibility index (Phi) is 3.24. The molecule has 0 radical (unpaired) electrons. The van der Waals surface area contributed by atoms with E-state index < -0.39 is 35.3 Å². The molecule has 6 heteroatoms. The number of hydrogen-bond donors (Lipinski definition) is 3. The van der Waals surface area contributed by atoms with Gasteiger partial charge in [-0.15, -0.1) is 0 Å². The number of hydrogen-bond acceptors (Lipinski definition) is 6. The van der Waals surface area contributed by atoms with E-state index in [0.29, 0.717) is 31.4 Å². The standard InChI is InChI=1S/C20H28O6/c1-9-10-4-5-11-19-8-25-16(23)13(19)18(2,3)7-6-12(19)26-17(24)20(11,14(9)21)15(10)22/h10-16,21-23H,1,4-8H2,2-3H3. The van der Waals surface area contributed by atoms with Gasteiger partial charge in [-0.2, -0.15) is 0 Å². The van der Waals surface area contributed by atoms with Crippen LogP contribution in [0.1, 0.15) is 39.5 Å². The molecular formula is C20H28O6. The van der Waals surface area contributed by atoms with E-state index in [1.54, 1.807) is 0 Å². The Morgan fingerprint density at radius 1 is 1.15 bits per heavy atom. The van der Waals surface area contributed by atoms with Crippen molar-refractivity contribution >= 4 is 5.97 Å². The van der Waals surface area contributed by atoms with E-state index in [1.807, 2.05) is 0 Å². The summed E-state index contributed by atoms with van der Waals surface area (Å²) in [5.74, 6) is -1.26.